The van der Waals surface area contributed by atoms with Gasteiger partial charge >= 0.3 is 5.95 Å². The predicted octanol–water partition coefficient (Wildman–Crippen LogP) is 4.40. The Morgan fingerprint density at radius 2 is 1.76 bits per heavy atom. The maximum atomic E-state index is 9.79. The fraction of sp³-hybridized carbons (Fsp3) is 0. The molecule has 0 amide bonds. The van der Waals surface area contributed by atoms with Crippen LogP contribution in [0.2, 0.25) is 0 Å². The molecule has 1 aromatic heterocycles. The predicted molar refractivity (Wildman–Crippen MR) is 90.0 cm³/mol. The molecule has 3 rings (SSSR count). The molecule has 0 aliphatic rings. The lowest BCUT2D eigenvalue weighted by molar-refractivity contribution is 0.337. The molecule has 0 fully saturated rings. The topological polar surface area (TPSA) is 58.6 Å². The second-order valence-corrected chi connectivity index (χ2v) is 5.56. The molecular formula is C16H11IN2O2. The smallest absolute Gasteiger partial charge is 0.312 e. The van der Waals surface area contributed by atoms with E-state index in [0.29, 0.717) is 11.6 Å². The lowest BCUT2D eigenvalue weighted by atomic mass is 10.2. The van der Waals surface area contributed by atoms with Crippen LogP contribution in [-0.4, -0.2) is 16.3 Å². The molecular weight excluding hydrogens is 379 g/mol. The highest BCUT2D eigenvalue weighted by molar-refractivity contribution is 14.1. The second kappa shape index (κ2) is 6.09. The molecule has 0 atom stereocenters. The molecule has 0 radical (unpaired) electrons. The molecule has 3 aromatic rings. The van der Waals surface area contributed by atoms with Crippen LogP contribution in [0.15, 0.2) is 64.0 Å². The van der Waals surface area contributed by atoms with Gasteiger partial charge in [0.05, 0.1) is 11.9 Å². The summed E-state index contributed by atoms with van der Waals surface area (Å²) in [5.74, 6) is 0.139. The maximum Gasteiger partial charge on any atom is 0.312 e. The molecule has 0 saturated heterocycles. The Labute approximate surface area is 135 Å². The number of aromatic hydroxyl groups is 1. The molecule has 0 bridgehead atoms. The van der Waals surface area contributed by atoms with Crippen molar-refractivity contribution in [3.05, 3.63) is 63.9 Å². The molecule has 0 unspecified atom stereocenters. The number of aliphatic imine (C=N–C) groups is 1. The van der Waals surface area contributed by atoms with Crippen LogP contribution in [0.25, 0.3) is 11.5 Å². The van der Waals surface area contributed by atoms with Gasteiger partial charge in [0, 0.05) is 9.13 Å². The van der Waals surface area contributed by atoms with Gasteiger partial charge in [-0.15, -0.1) is 0 Å². The molecule has 0 aliphatic heterocycles. The highest BCUT2D eigenvalue weighted by atomic mass is 127. The van der Waals surface area contributed by atoms with E-state index >= 15 is 0 Å². The van der Waals surface area contributed by atoms with Crippen LogP contribution in [0.5, 0.6) is 5.95 Å². The Morgan fingerprint density at radius 3 is 2.48 bits per heavy atom. The minimum absolute atomic E-state index is 0.233. The molecule has 1 heterocycles. The van der Waals surface area contributed by atoms with Crippen LogP contribution >= 0.6 is 22.6 Å². The van der Waals surface area contributed by atoms with Crippen LogP contribution < -0.4 is 0 Å². The fourth-order valence-electron chi connectivity index (χ4n) is 1.78. The average Bonchev–Trinajstić information content (AvgIpc) is 2.89. The Bertz CT molecular complexity index is 765. The number of benzene rings is 2. The van der Waals surface area contributed by atoms with Gasteiger partial charge in [0.15, 0.2) is 5.69 Å². The zero-order valence-corrected chi connectivity index (χ0v) is 13.1. The van der Waals surface area contributed by atoms with Crippen LogP contribution in [0.3, 0.4) is 0 Å². The van der Waals surface area contributed by atoms with Gasteiger partial charge in [0.1, 0.15) is 0 Å². The van der Waals surface area contributed by atoms with Crippen molar-refractivity contribution in [3.63, 3.8) is 0 Å². The van der Waals surface area contributed by atoms with Crippen molar-refractivity contribution >= 4 is 34.5 Å². The lowest BCUT2D eigenvalue weighted by Crippen LogP contribution is -1.82. The third kappa shape index (κ3) is 3.30. The van der Waals surface area contributed by atoms with E-state index in [1.54, 1.807) is 0 Å². The Hall–Kier alpha value is -2.15. The summed E-state index contributed by atoms with van der Waals surface area (Å²) in [4.78, 5) is 8.52. The first-order chi connectivity index (χ1) is 10.2. The van der Waals surface area contributed by atoms with E-state index in [1.165, 1.54) is 6.21 Å². The van der Waals surface area contributed by atoms with Gasteiger partial charge in [-0.05, 0) is 59.0 Å². The van der Waals surface area contributed by atoms with E-state index in [1.807, 2.05) is 54.6 Å². The van der Waals surface area contributed by atoms with Gasteiger partial charge in [-0.3, -0.25) is 4.99 Å². The highest BCUT2D eigenvalue weighted by Crippen LogP contribution is 2.25. The van der Waals surface area contributed by atoms with Crippen molar-refractivity contribution in [3.8, 4) is 17.4 Å². The molecule has 21 heavy (non-hydrogen) atoms. The van der Waals surface area contributed by atoms with Crippen molar-refractivity contribution in [1.29, 1.82) is 0 Å². The number of halogens is 1. The normalized spacial score (nSPS) is 11.1. The van der Waals surface area contributed by atoms with Crippen LogP contribution in [-0.2, 0) is 0 Å². The van der Waals surface area contributed by atoms with E-state index in [0.717, 1.165) is 14.8 Å². The summed E-state index contributed by atoms with van der Waals surface area (Å²) in [7, 11) is 0. The van der Waals surface area contributed by atoms with Crippen molar-refractivity contribution in [1.82, 2.24) is 4.98 Å². The molecule has 5 heteroatoms. The zero-order chi connectivity index (χ0) is 14.7. The number of rotatable bonds is 3. The summed E-state index contributed by atoms with van der Waals surface area (Å²) in [6.07, 6.45) is 1.49. The van der Waals surface area contributed by atoms with Gasteiger partial charge in [0.25, 0.3) is 0 Å². The first-order valence-corrected chi connectivity index (χ1v) is 7.35. The third-order valence-corrected chi connectivity index (χ3v) is 3.54. The first kappa shape index (κ1) is 13.8. The number of oxazole rings is 1. The second-order valence-electron chi connectivity index (χ2n) is 4.31. The molecule has 0 saturated carbocycles. The highest BCUT2D eigenvalue weighted by Gasteiger charge is 2.11. The Balaban J connectivity index is 1.86. The zero-order valence-electron chi connectivity index (χ0n) is 10.9. The van der Waals surface area contributed by atoms with E-state index in [-0.39, 0.29) is 5.95 Å². The number of hydrogen-bond acceptors (Lipinski definition) is 4. The molecule has 4 nitrogen and oxygen atoms in total. The van der Waals surface area contributed by atoms with E-state index in [4.69, 9.17) is 4.42 Å². The maximum absolute atomic E-state index is 9.79. The van der Waals surface area contributed by atoms with E-state index in [2.05, 4.69) is 32.6 Å². The molecule has 2 aromatic carbocycles. The third-order valence-electron chi connectivity index (χ3n) is 2.82. The van der Waals surface area contributed by atoms with Crippen molar-refractivity contribution in [2.75, 3.05) is 0 Å². The van der Waals surface area contributed by atoms with Gasteiger partial charge in [-0.2, -0.15) is 0 Å². The van der Waals surface area contributed by atoms with Gasteiger partial charge < -0.3 is 9.52 Å². The largest absolute Gasteiger partial charge is 0.479 e. The Morgan fingerprint density at radius 1 is 1.05 bits per heavy atom. The monoisotopic (exact) mass is 390 g/mol. The fourth-order valence-corrected chi connectivity index (χ4v) is 2.13. The summed E-state index contributed by atoms with van der Waals surface area (Å²) >= 11 is 2.23. The summed E-state index contributed by atoms with van der Waals surface area (Å²) < 4.78 is 6.40. The molecule has 1 N–H and O–H groups in total. The summed E-state index contributed by atoms with van der Waals surface area (Å²) in [6.45, 7) is 0. The van der Waals surface area contributed by atoms with Gasteiger partial charge in [-0.25, -0.2) is 4.98 Å². The van der Waals surface area contributed by atoms with Crippen LogP contribution in [0, 0.1) is 3.57 Å². The summed E-state index contributed by atoms with van der Waals surface area (Å²) in [6, 6.07) is 17.1. The molecule has 104 valence electrons. The lowest BCUT2D eigenvalue weighted by Gasteiger charge is -1.92. The van der Waals surface area contributed by atoms with Crippen molar-refractivity contribution < 1.29 is 9.52 Å². The number of nitrogens with zero attached hydrogens (tertiary/aromatic N) is 2. The molecule has 0 spiro atoms. The van der Waals surface area contributed by atoms with Crippen molar-refractivity contribution in [2.24, 2.45) is 4.99 Å². The van der Waals surface area contributed by atoms with Gasteiger partial charge in [-0.1, -0.05) is 18.2 Å². The van der Waals surface area contributed by atoms with Gasteiger partial charge in [0.2, 0.25) is 5.89 Å². The number of aromatic nitrogens is 1. The average molecular weight is 390 g/mol. The molecule has 0 aliphatic carbocycles. The van der Waals surface area contributed by atoms with Crippen LogP contribution in [0.1, 0.15) is 5.69 Å². The number of hydrogen-bond donors (Lipinski definition) is 1. The van der Waals surface area contributed by atoms with E-state index in [9.17, 15) is 5.11 Å². The SMILES string of the molecule is Oc1oc(-c2ccccc2)nc1C=Nc1ccc(I)cc1. The van der Waals surface area contributed by atoms with Crippen molar-refractivity contribution in [2.45, 2.75) is 0 Å². The minimum atomic E-state index is -0.233. The van der Waals surface area contributed by atoms with Crippen LogP contribution in [0.4, 0.5) is 5.69 Å². The summed E-state index contributed by atoms with van der Waals surface area (Å²) in [5.41, 5.74) is 1.91. The summed E-state index contributed by atoms with van der Waals surface area (Å²) in [5, 5.41) is 9.79. The first-order valence-electron chi connectivity index (χ1n) is 6.27. The minimum Gasteiger partial charge on any atom is -0.479 e. The quantitative estimate of drug-likeness (QED) is 0.533. The Kier molecular flexibility index (Phi) is 4.01. The van der Waals surface area contributed by atoms with E-state index < -0.39 is 0 Å². The standard InChI is InChI=1S/C16H11IN2O2/c17-12-6-8-13(9-7-12)18-10-14-16(20)21-15(19-14)11-4-2-1-3-5-11/h1-10,20H.